The predicted molar refractivity (Wildman–Crippen MR) is 55.8 cm³/mol. The van der Waals surface area contributed by atoms with Gasteiger partial charge in [0.1, 0.15) is 0 Å². The maximum atomic E-state index is 9.45. The van der Waals surface area contributed by atoms with Crippen LogP contribution in [0, 0.1) is 6.92 Å². The quantitative estimate of drug-likeness (QED) is 0.765. The first-order valence-electron chi connectivity index (χ1n) is 3.93. The van der Waals surface area contributed by atoms with Crippen molar-refractivity contribution in [2.24, 2.45) is 0 Å². The van der Waals surface area contributed by atoms with E-state index in [1.165, 1.54) is 0 Å². The van der Waals surface area contributed by atoms with Gasteiger partial charge in [-0.1, -0.05) is 6.07 Å². The van der Waals surface area contributed by atoms with Crippen LogP contribution < -0.4 is 0 Å². The standard InChI is InChI=1S/C10H8BrNO/c1-6-2-3-8-7(9(6)11)4-5-12-10(8)13/h2-5H,1H3,(H,12,13). The summed E-state index contributed by atoms with van der Waals surface area (Å²) in [5.41, 5.74) is 1.15. The van der Waals surface area contributed by atoms with E-state index < -0.39 is 0 Å². The van der Waals surface area contributed by atoms with Gasteiger partial charge in [0.2, 0.25) is 5.88 Å². The minimum atomic E-state index is 0.0817. The molecule has 66 valence electrons. The van der Waals surface area contributed by atoms with Crippen LogP contribution in [0.15, 0.2) is 28.9 Å². The fourth-order valence-corrected chi connectivity index (χ4v) is 1.79. The minimum absolute atomic E-state index is 0.0817. The minimum Gasteiger partial charge on any atom is -0.493 e. The van der Waals surface area contributed by atoms with E-state index in [2.05, 4.69) is 20.9 Å². The van der Waals surface area contributed by atoms with Crippen molar-refractivity contribution in [2.45, 2.75) is 6.92 Å². The van der Waals surface area contributed by atoms with Crippen molar-refractivity contribution in [2.75, 3.05) is 0 Å². The van der Waals surface area contributed by atoms with Crippen LogP contribution >= 0.6 is 15.9 Å². The monoisotopic (exact) mass is 237 g/mol. The second kappa shape index (κ2) is 3.00. The molecule has 0 aliphatic heterocycles. The first kappa shape index (κ1) is 8.51. The number of benzene rings is 1. The SMILES string of the molecule is Cc1ccc2c(O)nccc2c1Br. The van der Waals surface area contributed by atoms with Gasteiger partial charge in [-0.2, -0.15) is 0 Å². The zero-order chi connectivity index (χ0) is 9.42. The molecule has 0 unspecified atom stereocenters. The fraction of sp³-hybridized carbons (Fsp3) is 0.100. The maximum Gasteiger partial charge on any atom is 0.218 e. The van der Waals surface area contributed by atoms with Crippen molar-refractivity contribution in [3.05, 3.63) is 34.4 Å². The lowest BCUT2D eigenvalue weighted by Crippen LogP contribution is -1.82. The molecule has 2 nitrogen and oxygen atoms in total. The molecule has 0 radical (unpaired) electrons. The van der Waals surface area contributed by atoms with Crippen LogP contribution in [0.5, 0.6) is 5.88 Å². The molecule has 0 fully saturated rings. The summed E-state index contributed by atoms with van der Waals surface area (Å²) in [6, 6.07) is 5.71. The summed E-state index contributed by atoms with van der Waals surface area (Å²) in [5, 5.41) is 11.2. The highest BCUT2D eigenvalue weighted by molar-refractivity contribution is 9.10. The van der Waals surface area contributed by atoms with Crippen LogP contribution in [0.2, 0.25) is 0 Å². The molecule has 1 N–H and O–H groups in total. The average molecular weight is 238 g/mol. The number of halogens is 1. The lowest BCUT2D eigenvalue weighted by molar-refractivity contribution is 0.460. The van der Waals surface area contributed by atoms with Gasteiger partial charge in [-0.3, -0.25) is 0 Å². The molecular weight excluding hydrogens is 230 g/mol. The summed E-state index contributed by atoms with van der Waals surface area (Å²) in [7, 11) is 0. The van der Waals surface area contributed by atoms with Crippen LogP contribution in [-0.4, -0.2) is 10.1 Å². The molecule has 0 saturated carbocycles. The van der Waals surface area contributed by atoms with Gasteiger partial charge < -0.3 is 5.11 Å². The Labute approximate surface area is 84.4 Å². The molecular formula is C10H8BrNO. The highest BCUT2D eigenvalue weighted by atomic mass is 79.9. The van der Waals surface area contributed by atoms with Gasteiger partial charge in [-0.05, 0) is 40.5 Å². The van der Waals surface area contributed by atoms with Crippen molar-refractivity contribution < 1.29 is 5.11 Å². The Balaban J connectivity index is 2.94. The zero-order valence-electron chi connectivity index (χ0n) is 7.08. The van der Waals surface area contributed by atoms with E-state index >= 15 is 0 Å². The van der Waals surface area contributed by atoms with Crippen molar-refractivity contribution >= 4 is 26.7 Å². The van der Waals surface area contributed by atoms with E-state index in [0.29, 0.717) is 0 Å². The summed E-state index contributed by atoms with van der Waals surface area (Å²) in [5.74, 6) is 0.0817. The molecule has 0 atom stereocenters. The van der Waals surface area contributed by atoms with Crippen molar-refractivity contribution in [1.82, 2.24) is 4.98 Å². The lowest BCUT2D eigenvalue weighted by Gasteiger charge is -2.04. The number of pyridine rings is 1. The summed E-state index contributed by atoms with van der Waals surface area (Å²) in [6.45, 7) is 2.01. The third kappa shape index (κ3) is 1.29. The van der Waals surface area contributed by atoms with Crippen LogP contribution in [0.4, 0.5) is 0 Å². The Kier molecular flexibility index (Phi) is 1.96. The van der Waals surface area contributed by atoms with Gasteiger partial charge in [0, 0.05) is 21.4 Å². The zero-order valence-corrected chi connectivity index (χ0v) is 8.67. The first-order chi connectivity index (χ1) is 6.20. The van der Waals surface area contributed by atoms with Crippen molar-refractivity contribution in [3.63, 3.8) is 0 Å². The van der Waals surface area contributed by atoms with Crippen molar-refractivity contribution in [3.8, 4) is 5.88 Å². The van der Waals surface area contributed by atoms with Crippen LogP contribution in [0.1, 0.15) is 5.56 Å². The van der Waals surface area contributed by atoms with Gasteiger partial charge in [-0.15, -0.1) is 0 Å². The van der Waals surface area contributed by atoms with E-state index in [0.717, 1.165) is 20.8 Å². The molecule has 2 aromatic rings. The molecule has 1 aromatic heterocycles. The Hall–Kier alpha value is -1.09. The number of hydrogen-bond acceptors (Lipinski definition) is 2. The maximum absolute atomic E-state index is 9.45. The Morgan fingerprint density at radius 1 is 1.23 bits per heavy atom. The third-order valence-electron chi connectivity index (χ3n) is 2.05. The smallest absolute Gasteiger partial charge is 0.218 e. The van der Waals surface area contributed by atoms with E-state index in [1.807, 2.05) is 25.1 Å². The Morgan fingerprint density at radius 2 is 2.00 bits per heavy atom. The summed E-state index contributed by atoms with van der Waals surface area (Å²) in [6.07, 6.45) is 1.60. The van der Waals surface area contributed by atoms with Crippen molar-refractivity contribution in [1.29, 1.82) is 0 Å². The number of aromatic hydroxyl groups is 1. The summed E-state index contributed by atoms with van der Waals surface area (Å²) >= 11 is 3.48. The molecule has 0 spiro atoms. The van der Waals surface area contributed by atoms with Crippen LogP contribution in [0.3, 0.4) is 0 Å². The molecule has 0 aliphatic carbocycles. The van der Waals surface area contributed by atoms with Crippen LogP contribution in [0.25, 0.3) is 10.8 Å². The molecule has 1 heterocycles. The topological polar surface area (TPSA) is 33.1 Å². The number of aromatic nitrogens is 1. The largest absolute Gasteiger partial charge is 0.493 e. The normalized spacial score (nSPS) is 10.6. The first-order valence-corrected chi connectivity index (χ1v) is 4.72. The number of aryl methyl sites for hydroxylation is 1. The molecule has 2 rings (SSSR count). The molecule has 0 bridgehead atoms. The van der Waals surface area contributed by atoms with Crippen LogP contribution in [-0.2, 0) is 0 Å². The Bertz CT molecular complexity index is 468. The van der Waals surface area contributed by atoms with Gasteiger partial charge >= 0.3 is 0 Å². The number of nitrogens with zero attached hydrogens (tertiary/aromatic N) is 1. The van der Waals surface area contributed by atoms with Gasteiger partial charge in [0.05, 0.1) is 0 Å². The predicted octanol–water partition coefficient (Wildman–Crippen LogP) is 3.01. The van der Waals surface area contributed by atoms with E-state index in [-0.39, 0.29) is 5.88 Å². The molecule has 3 heteroatoms. The average Bonchev–Trinajstić information content (AvgIpc) is 2.12. The number of hydrogen-bond donors (Lipinski definition) is 1. The fourth-order valence-electron chi connectivity index (χ4n) is 1.31. The van der Waals surface area contributed by atoms with Gasteiger partial charge in [0.15, 0.2) is 0 Å². The molecule has 0 amide bonds. The molecule has 0 aliphatic rings. The second-order valence-corrected chi connectivity index (χ2v) is 3.72. The Morgan fingerprint density at radius 3 is 2.77 bits per heavy atom. The lowest BCUT2D eigenvalue weighted by atomic mass is 10.1. The summed E-state index contributed by atoms with van der Waals surface area (Å²) in [4.78, 5) is 3.81. The third-order valence-corrected chi connectivity index (χ3v) is 3.10. The number of fused-ring (bicyclic) bond motifs is 1. The highest BCUT2D eigenvalue weighted by Crippen LogP contribution is 2.30. The molecule has 0 saturated heterocycles. The molecule has 1 aromatic carbocycles. The summed E-state index contributed by atoms with van der Waals surface area (Å²) < 4.78 is 1.02. The van der Waals surface area contributed by atoms with E-state index in [9.17, 15) is 5.11 Å². The van der Waals surface area contributed by atoms with Gasteiger partial charge in [-0.25, -0.2) is 4.98 Å². The van der Waals surface area contributed by atoms with Gasteiger partial charge in [0.25, 0.3) is 0 Å². The van der Waals surface area contributed by atoms with E-state index in [4.69, 9.17) is 0 Å². The number of rotatable bonds is 0. The second-order valence-electron chi connectivity index (χ2n) is 2.93. The molecule has 13 heavy (non-hydrogen) atoms. The van der Waals surface area contributed by atoms with E-state index in [1.54, 1.807) is 6.20 Å². The highest BCUT2D eigenvalue weighted by Gasteiger charge is 2.04.